The van der Waals surface area contributed by atoms with E-state index in [9.17, 15) is 0 Å². The molecule has 0 radical (unpaired) electrons. The van der Waals surface area contributed by atoms with Gasteiger partial charge in [0.2, 0.25) is 0 Å². The van der Waals surface area contributed by atoms with E-state index in [-0.39, 0.29) is 0 Å². The maximum Gasteiger partial charge on any atom is 0.0773 e. The van der Waals surface area contributed by atoms with Gasteiger partial charge in [0.1, 0.15) is 0 Å². The molecule has 0 N–H and O–H groups in total. The fraction of sp³-hybridized carbons (Fsp3) is 0.286. The lowest BCUT2D eigenvalue weighted by Gasteiger charge is -1.79. The van der Waals surface area contributed by atoms with Gasteiger partial charge in [-0.25, -0.2) is 0 Å². The van der Waals surface area contributed by atoms with Crippen LogP contribution >= 0.6 is 0 Å². The minimum atomic E-state index is 1.06. The Balaban J connectivity index is 2.04. The van der Waals surface area contributed by atoms with Crippen LogP contribution in [0.1, 0.15) is 12.8 Å². The standard InChI is InChI=1S/C7H9N/c1-2-3-4-5-7-6-8-7/h2,5-6H,1,3-4H2/b7-5-. The molecule has 0 bridgehead atoms. The monoisotopic (exact) mass is 107 g/mol. The van der Waals surface area contributed by atoms with Crippen LogP contribution in [0.3, 0.4) is 0 Å². The number of hydrogen-bond acceptors (Lipinski definition) is 1. The highest BCUT2D eigenvalue weighted by molar-refractivity contribution is 5.92. The van der Waals surface area contributed by atoms with Crippen molar-refractivity contribution in [1.29, 1.82) is 0 Å². The molecule has 0 aliphatic carbocycles. The first-order valence-corrected chi connectivity index (χ1v) is 2.78. The Morgan fingerprint density at radius 1 is 1.62 bits per heavy atom. The van der Waals surface area contributed by atoms with Crippen LogP contribution in [0, 0.1) is 0 Å². The second kappa shape index (κ2) is 2.46. The van der Waals surface area contributed by atoms with E-state index < -0.39 is 0 Å². The molecule has 1 rings (SSSR count). The van der Waals surface area contributed by atoms with E-state index >= 15 is 0 Å². The smallest absolute Gasteiger partial charge is 0.0773 e. The van der Waals surface area contributed by atoms with Gasteiger partial charge in [-0.1, -0.05) is 12.2 Å². The first kappa shape index (κ1) is 5.29. The molecule has 0 aromatic carbocycles. The molecule has 1 heteroatoms. The van der Waals surface area contributed by atoms with Crippen molar-refractivity contribution >= 4 is 6.21 Å². The van der Waals surface area contributed by atoms with Crippen molar-refractivity contribution in [3.63, 3.8) is 0 Å². The SMILES string of the molecule is C=CCC/C=C1C=N/1. The highest BCUT2D eigenvalue weighted by Gasteiger charge is 1.97. The highest BCUT2D eigenvalue weighted by Crippen LogP contribution is 2.07. The highest BCUT2D eigenvalue weighted by atomic mass is 14.9. The minimum Gasteiger partial charge on any atom is -0.253 e. The lowest BCUT2D eigenvalue weighted by Crippen LogP contribution is -1.61. The minimum absolute atomic E-state index is 1.06. The van der Waals surface area contributed by atoms with Gasteiger partial charge in [-0.2, -0.15) is 0 Å². The second-order valence-electron chi connectivity index (χ2n) is 1.75. The van der Waals surface area contributed by atoms with Crippen LogP contribution < -0.4 is 0 Å². The van der Waals surface area contributed by atoms with Gasteiger partial charge in [-0.15, -0.1) is 6.58 Å². The molecule has 0 atom stereocenters. The predicted molar refractivity (Wildman–Crippen MR) is 36.0 cm³/mol. The fourth-order valence-corrected chi connectivity index (χ4v) is 0.492. The molecule has 1 heterocycles. The van der Waals surface area contributed by atoms with E-state index in [2.05, 4.69) is 17.6 Å². The molecule has 0 amide bonds. The molecule has 1 aliphatic heterocycles. The third kappa shape index (κ3) is 1.73. The van der Waals surface area contributed by atoms with E-state index in [4.69, 9.17) is 0 Å². The lowest BCUT2D eigenvalue weighted by molar-refractivity contribution is 1.05. The number of allylic oxidation sites excluding steroid dienone is 3. The first-order valence-electron chi connectivity index (χ1n) is 2.78. The third-order valence-electron chi connectivity index (χ3n) is 1.00. The average Bonchev–Trinajstić information content (AvgIpc) is 2.51. The Bertz CT molecular complexity index is 134. The van der Waals surface area contributed by atoms with Gasteiger partial charge in [0.25, 0.3) is 0 Å². The topological polar surface area (TPSA) is 12.4 Å². The third-order valence-corrected chi connectivity index (χ3v) is 1.00. The Hall–Kier alpha value is -0.850. The Kier molecular flexibility index (Phi) is 1.62. The summed E-state index contributed by atoms with van der Waals surface area (Å²) in [5, 5.41) is 0. The summed E-state index contributed by atoms with van der Waals surface area (Å²) in [5.74, 6) is 0. The number of hydrogen-bond donors (Lipinski definition) is 0. The van der Waals surface area contributed by atoms with Crippen LogP contribution in [-0.4, -0.2) is 6.21 Å². The molecule has 0 spiro atoms. The summed E-state index contributed by atoms with van der Waals surface area (Å²) in [6.45, 7) is 3.61. The predicted octanol–water partition coefficient (Wildman–Crippen LogP) is 1.92. The van der Waals surface area contributed by atoms with Crippen molar-refractivity contribution < 1.29 is 0 Å². The quantitative estimate of drug-likeness (QED) is 0.386. The second-order valence-corrected chi connectivity index (χ2v) is 1.75. The van der Waals surface area contributed by atoms with Gasteiger partial charge < -0.3 is 0 Å². The molecule has 1 nitrogen and oxygen atoms in total. The van der Waals surface area contributed by atoms with Crippen LogP contribution in [0.5, 0.6) is 0 Å². The molecule has 1 aliphatic rings. The van der Waals surface area contributed by atoms with E-state index in [0.717, 1.165) is 18.5 Å². The molecule has 0 saturated carbocycles. The van der Waals surface area contributed by atoms with Gasteiger partial charge in [-0.3, -0.25) is 4.99 Å². The zero-order valence-electron chi connectivity index (χ0n) is 4.80. The van der Waals surface area contributed by atoms with Crippen molar-refractivity contribution in [3.05, 3.63) is 24.4 Å². The summed E-state index contributed by atoms with van der Waals surface area (Å²) in [5.41, 5.74) is 1.15. The van der Waals surface area contributed by atoms with Crippen molar-refractivity contribution in [2.45, 2.75) is 12.8 Å². The lowest BCUT2D eigenvalue weighted by atomic mass is 10.3. The fourth-order valence-electron chi connectivity index (χ4n) is 0.492. The summed E-state index contributed by atoms with van der Waals surface area (Å²) < 4.78 is 0. The molecule has 8 heavy (non-hydrogen) atoms. The van der Waals surface area contributed by atoms with Crippen LogP contribution in [0.15, 0.2) is 29.4 Å². The summed E-state index contributed by atoms with van der Waals surface area (Å²) >= 11 is 0. The van der Waals surface area contributed by atoms with Gasteiger partial charge in [0.15, 0.2) is 0 Å². The van der Waals surface area contributed by atoms with Gasteiger partial charge in [-0.05, 0) is 12.8 Å². The molecular weight excluding hydrogens is 98.1 g/mol. The molecule has 0 fully saturated rings. The molecular formula is C7H9N. The first-order chi connectivity index (χ1) is 3.93. The van der Waals surface area contributed by atoms with Gasteiger partial charge in [0, 0.05) is 0 Å². The van der Waals surface area contributed by atoms with E-state index in [1.54, 1.807) is 0 Å². The summed E-state index contributed by atoms with van der Waals surface area (Å²) in [6.07, 6.45) is 8.04. The summed E-state index contributed by atoms with van der Waals surface area (Å²) in [7, 11) is 0. The maximum atomic E-state index is 3.88. The van der Waals surface area contributed by atoms with Gasteiger partial charge in [0.05, 0.1) is 11.9 Å². The van der Waals surface area contributed by atoms with Crippen LogP contribution in [0.4, 0.5) is 0 Å². The van der Waals surface area contributed by atoms with Crippen molar-refractivity contribution in [3.8, 4) is 0 Å². The molecule has 0 aromatic heterocycles. The molecule has 42 valence electrons. The number of nitrogens with zero attached hydrogens (tertiary/aromatic N) is 1. The number of aliphatic imine (C=N–C) groups is 1. The Morgan fingerprint density at radius 2 is 2.38 bits per heavy atom. The van der Waals surface area contributed by atoms with Gasteiger partial charge >= 0.3 is 0 Å². The summed E-state index contributed by atoms with van der Waals surface area (Å²) in [4.78, 5) is 3.88. The van der Waals surface area contributed by atoms with Crippen molar-refractivity contribution in [2.24, 2.45) is 4.99 Å². The van der Waals surface area contributed by atoms with E-state index in [0.29, 0.717) is 0 Å². The van der Waals surface area contributed by atoms with Crippen LogP contribution in [-0.2, 0) is 0 Å². The average molecular weight is 107 g/mol. The zero-order valence-corrected chi connectivity index (χ0v) is 4.80. The number of rotatable bonds is 3. The number of unbranched alkanes of at least 4 members (excludes halogenated alkanes) is 1. The summed E-state index contributed by atoms with van der Waals surface area (Å²) in [6, 6.07) is 0. The normalized spacial score (nSPS) is 19.2. The zero-order chi connectivity index (χ0) is 5.82. The van der Waals surface area contributed by atoms with Crippen molar-refractivity contribution in [2.75, 3.05) is 0 Å². The Morgan fingerprint density at radius 3 is 2.88 bits per heavy atom. The largest absolute Gasteiger partial charge is 0.253 e. The van der Waals surface area contributed by atoms with Crippen molar-refractivity contribution in [1.82, 2.24) is 0 Å². The maximum absolute atomic E-state index is 3.88. The van der Waals surface area contributed by atoms with E-state index in [1.807, 2.05) is 12.3 Å². The molecule has 0 saturated heterocycles. The van der Waals surface area contributed by atoms with Crippen LogP contribution in [0.25, 0.3) is 0 Å². The van der Waals surface area contributed by atoms with Crippen LogP contribution in [0.2, 0.25) is 0 Å². The molecule has 0 unspecified atom stereocenters. The molecule has 0 aromatic rings. The van der Waals surface area contributed by atoms with E-state index in [1.165, 1.54) is 0 Å². The Labute approximate surface area is 49.4 Å².